The summed E-state index contributed by atoms with van der Waals surface area (Å²) in [5, 5.41) is 17.3. The molecule has 5 aromatic rings. The number of ether oxygens (including phenoxy) is 1. The molecule has 7 heteroatoms. The number of nitriles is 1. The van der Waals surface area contributed by atoms with Crippen LogP contribution in [0.25, 0.3) is 23.0 Å². The van der Waals surface area contributed by atoms with Crippen LogP contribution in [0.15, 0.2) is 120 Å². The van der Waals surface area contributed by atoms with E-state index in [9.17, 15) is 10.1 Å². The van der Waals surface area contributed by atoms with Crippen LogP contribution in [-0.2, 0) is 17.9 Å². The number of furan rings is 1. The Labute approximate surface area is 220 Å². The van der Waals surface area contributed by atoms with Crippen molar-refractivity contribution >= 4 is 12.0 Å². The fourth-order valence-electron chi connectivity index (χ4n) is 3.88. The first kappa shape index (κ1) is 24.3. The van der Waals surface area contributed by atoms with E-state index in [0.717, 1.165) is 16.8 Å². The molecule has 186 valence electrons. The highest BCUT2D eigenvalue weighted by molar-refractivity contribution is 6.02. The normalized spacial score (nSPS) is 11.1. The van der Waals surface area contributed by atoms with Crippen molar-refractivity contribution in [1.29, 1.82) is 5.26 Å². The summed E-state index contributed by atoms with van der Waals surface area (Å²) in [5.74, 6) is 0.787. The molecule has 0 aliphatic rings. The van der Waals surface area contributed by atoms with Gasteiger partial charge in [-0.25, -0.2) is 4.68 Å². The summed E-state index contributed by atoms with van der Waals surface area (Å²) < 4.78 is 13.0. The van der Waals surface area contributed by atoms with Gasteiger partial charge in [0.05, 0.1) is 18.5 Å². The number of aromatic nitrogens is 2. The number of carbonyl (C=O) groups is 1. The molecule has 3 aromatic carbocycles. The van der Waals surface area contributed by atoms with Crippen LogP contribution in [0.3, 0.4) is 0 Å². The van der Waals surface area contributed by atoms with Crippen LogP contribution in [0, 0.1) is 11.3 Å². The number of para-hydroxylation sites is 1. The van der Waals surface area contributed by atoms with Gasteiger partial charge in [-0.15, -0.1) is 0 Å². The monoisotopic (exact) mass is 500 g/mol. The predicted octanol–water partition coefficient (Wildman–Crippen LogP) is 5.93. The Balaban J connectivity index is 1.46. The van der Waals surface area contributed by atoms with Crippen LogP contribution < -0.4 is 10.1 Å². The van der Waals surface area contributed by atoms with Crippen molar-refractivity contribution in [3.63, 3.8) is 0 Å². The fourth-order valence-corrected chi connectivity index (χ4v) is 3.88. The van der Waals surface area contributed by atoms with Crippen molar-refractivity contribution < 1.29 is 13.9 Å². The van der Waals surface area contributed by atoms with Crippen molar-refractivity contribution in [1.82, 2.24) is 15.1 Å². The zero-order valence-electron chi connectivity index (χ0n) is 20.5. The molecule has 0 bridgehead atoms. The smallest absolute Gasteiger partial charge is 0.262 e. The van der Waals surface area contributed by atoms with Crippen molar-refractivity contribution in [2.45, 2.75) is 13.2 Å². The lowest BCUT2D eigenvalue weighted by molar-refractivity contribution is -0.117. The van der Waals surface area contributed by atoms with Gasteiger partial charge in [-0.05, 0) is 48.0 Å². The van der Waals surface area contributed by atoms with Crippen LogP contribution in [0.5, 0.6) is 5.75 Å². The minimum atomic E-state index is -0.498. The van der Waals surface area contributed by atoms with Gasteiger partial charge in [-0.2, -0.15) is 10.4 Å². The molecule has 38 heavy (non-hydrogen) atoms. The Morgan fingerprint density at radius 1 is 1.00 bits per heavy atom. The molecule has 2 heterocycles. The van der Waals surface area contributed by atoms with Crippen LogP contribution in [0.4, 0.5) is 0 Å². The zero-order valence-corrected chi connectivity index (χ0v) is 20.5. The van der Waals surface area contributed by atoms with Gasteiger partial charge in [-0.1, -0.05) is 60.7 Å². The third-order valence-corrected chi connectivity index (χ3v) is 5.79. The fraction of sp³-hybridized carbons (Fsp3) is 0.0645. The number of nitrogens with one attached hydrogen (secondary N) is 1. The molecule has 0 fully saturated rings. The molecule has 1 N–H and O–H groups in total. The lowest BCUT2D eigenvalue weighted by Crippen LogP contribution is -2.23. The first-order valence-corrected chi connectivity index (χ1v) is 12.0. The summed E-state index contributed by atoms with van der Waals surface area (Å²) in [6, 6.07) is 32.7. The van der Waals surface area contributed by atoms with E-state index in [0.29, 0.717) is 29.4 Å². The Bertz CT molecular complexity index is 1580. The second-order valence-corrected chi connectivity index (χ2v) is 8.45. The van der Waals surface area contributed by atoms with Crippen molar-refractivity contribution in [2.75, 3.05) is 0 Å². The standard InChI is InChI=1S/C31H24N4O3/c32-19-25(31(36)33-20-29-15-8-16-37-29)17-26-21-35(27-12-5-2-6-13-27)34-30(26)24-11-7-14-28(18-24)38-22-23-9-3-1-4-10-23/h1-18,21H,20,22H2,(H,33,36). The van der Waals surface area contributed by atoms with E-state index in [1.54, 1.807) is 29.1 Å². The highest BCUT2D eigenvalue weighted by Gasteiger charge is 2.16. The first-order valence-electron chi connectivity index (χ1n) is 12.0. The Hall–Kier alpha value is -5.35. The van der Waals surface area contributed by atoms with Crippen molar-refractivity contribution in [2.24, 2.45) is 0 Å². The molecule has 0 spiro atoms. The van der Waals surface area contributed by atoms with Crippen LogP contribution in [0.1, 0.15) is 16.9 Å². The second-order valence-electron chi connectivity index (χ2n) is 8.45. The van der Waals surface area contributed by atoms with Gasteiger partial charge in [-0.3, -0.25) is 4.79 Å². The highest BCUT2D eigenvalue weighted by atomic mass is 16.5. The molecular formula is C31H24N4O3. The van der Waals surface area contributed by atoms with Crippen LogP contribution >= 0.6 is 0 Å². The number of benzene rings is 3. The van der Waals surface area contributed by atoms with Gasteiger partial charge in [0.15, 0.2) is 0 Å². The zero-order chi connectivity index (χ0) is 26.2. The van der Waals surface area contributed by atoms with E-state index >= 15 is 0 Å². The molecule has 0 saturated heterocycles. The molecule has 0 aliphatic heterocycles. The maximum Gasteiger partial charge on any atom is 0.262 e. The maximum absolute atomic E-state index is 12.8. The van der Waals surface area contributed by atoms with Gasteiger partial charge >= 0.3 is 0 Å². The quantitative estimate of drug-likeness (QED) is 0.200. The topological polar surface area (TPSA) is 93.1 Å². The summed E-state index contributed by atoms with van der Waals surface area (Å²) in [4.78, 5) is 12.8. The number of hydrogen-bond acceptors (Lipinski definition) is 5. The van der Waals surface area contributed by atoms with E-state index in [4.69, 9.17) is 14.3 Å². The van der Waals surface area contributed by atoms with Crippen LogP contribution in [-0.4, -0.2) is 15.7 Å². The molecule has 1 amide bonds. The average molecular weight is 501 g/mol. The molecule has 7 nitrogen and oxygen atoms in total. The number of amides is 1. The number of nitrogens with zero attached hydrogens (tertiary/aromatic N) is 3. The third kappa shape index (κ3) is 5.89. The first-order chi connectivity index (χ1) is 18.7. The number of hydrogen-bond donors (Lipinski definition) is 1. The largest absolute Gasteiger partial charge is 0.489 e. The van der Waals surface area contributed by atoms with Crippen molar-refractivity contribution in [3.05, 3.63) is 132 Å². The Morgan fingerprint density at radius 3 is 2.53 bits per heavy atom. The molecule has 0 radical (unpaired) electrons. The molecule has 0 unspecified atom stereocenters. The maximum atomic E-state index is 12.8. The second kappa shape index (κ2) is 11.6. The van der Waals surface area contributed by atoms with E-state index in [1.807, 2.05) is 91.0 Å². The van der Waals surface area contributed by atoms with Crippen molar-refractivity contribution in [3.8, 4) is 28.8 Å². The van der Waals surface area contributed by atoms with Gasteiger partial charge in [0, 0.05) is 17.3 Å². The minimum Gasteiger partial charge on any atom is -0.489 e. The number of carbonyl (C=O) groups excluding carboxylic acids is 1. The van der Waals surface area contributed by atoms with E-state index in [2.05, 4.69) is 5.32 Å². The Morgan fingerprint density at radius 2 is 1.79 bits per heavy atom. The molecule has 0 aliphatic carbocycles. The highest BCUT2D eigenvalue weighted by Crippen LogP contribution is 2.29. The van der Waals surface area contributed by atoms with E-state index < -0.39 is 5.91 Å². The molecular weight excluding hydrogens is 476 g/mol. The third-order valence-electron chi connectivity index (χ3n) is 5.79. The van der Waals surface area contributed by atoms with E-state index in [1.165, 1.54) is 6.26 Å². The van der Waals surface area contributed by atoms with Crippen LogP contribution in [0.2, 0.25) is 0 Å². The van der Waals surface area contributed by atoms with Gasteiger partial charge in [0.2, 0.25) is 0 Å². The molecule has 0 atom stereocenters. The predicted molar refractivity (Wildman–Crippen MR) is 144 cm³/mol. The lowest BCUT2D eigenvalue weighted by Gasteiger charge is -2.08. The molecule has 5 rings (SSSR count). The summed E-state index contributed by atoms with van der Waals surface area (Å²) in [6.45, 7) is 0.617. The SMILES string of the molecule is N#CC(=Cc1cn(-c2ccccc2)nc1-c1cccc(OCc2ccccc2)c1)C(=O)NCc1ccco1. The van der Waals surface area contributed by atoms with Gasteiger partial charge in [0.1, 0.15) is 35.5 Å². The lowest BCUT2D eigenvalue weighted by atomic mass is 10.1. The minimum absolute atomic E-state index is 0.0399. The van der Waals surface area contributed by atoms with Gasteiger partial charge in [0.25, 0.3) is 5.91 Å². The summed E-state index contributed by atoms with van der Waals surface area (Å²) in [6.07, 6.45) is 4.89. The Kier molecular flexibility index (Phi) is 7.43. The number of rotatable bonds is 9. The summed E-state index contributed by atoms with van der Waals surface area (Å²) in [5.41, 5.74) is 3.91. The van der Waals surface area contributed by atoms with E-state index in [-0.39, 0.29) is 12.1 Å². The molecule has 0 saturated carbocycles. The average Bonchev–Trinajstić information content (AvgIpc) is 3.65. The molecule has 2 aromatic heterocycles. The van der Waals surface area contributed by atoms with Gasteiger partial charge < -0.3 is 14.5 Å². The summed E-state index contributed by atoms with van der Waals surface area (Å²) >= 11 is 0. The summed E-state index contributed by atoms with van der Waals surface area (Å²) in [7, 11) is 0.